The van der Waals surface area contributed by atoms with E-state index in [9.17, 15) is 9.18 Å². The highest BCUT2D eigenvalue weighted by Gasteiger charge is 2.30. The third-order valence-corrected chi connectivity index (χ3v) is 7.17. The van der Waals surface area contributed by atoms with Gasteiger partial charge < -0.3 is 9.80 Å². The summed E-state index contributed by atoms with van der Waals surface area (Å²) in [7, 11) is 2.20. The zero-order chi connectivity index (χ0) is 20.4. The molecule has 2 aliphatic rings. The highest BCUT2D eigenvalue weighted by atomic mass is 32.1. The third-order valence-electron chi connectivity index (χ3n) is 6.02. The Morgan fingerprint density at radius 3 is 2.59 bits per heavy atom. The lowest BCUT2D eigenvalue weighted by Gasteiger charge is -2.42. The molecule has 2 aromatic rings. The van der Waals surface area contributed by atoms with Crippen LogP contribution in [0.1, 0.15) is 38.8 Å². The predicted octanol–water partition coefficient (Wildman–Crippen LogP) is 3.03. The lowest BCUT2D eigenvalue weighted by atomic mass is 10.0. The van der Waals surface area contributed by atoms with Crippen LogP contribution in [0.25, 0.3) is 0 Å². The molecule has 0 radical (unpaired) electrons. The first-order valence-electron chi connectivity index (χ1n) is 10.4. The minimum absolute atomic E-state index is 0.103. The summed E-state index contributed by atoms with van der Waals surface area (Å²) in [6.45, 7) is 7.70. The molecule has 1 amide bonds. The first-order chi connectivity index (χ1) is 14.0. The molecule has 2 aliphatic heterocycles. The van der Waals surface area contributed by atoms with E-state index in [1.54, 1.807) is 12.1 Å². The molecule has 2 saturated heterocycles. The zero-order valence-electron chi connectivity index (χ0n) is 17.2. The number of carbonyl (C=O) groups excluding carboxylic acids is 1. The minimum atomic E-state index is -0.237. The molecular formula is C22H29FN4OS. The summed E-state index contributed by atoms with van der Waals surface area (Å²) < 4.78 is 13.1. The van der Waals surface area contributed by atoms with E-state index < -0.39 is 0 Å². The van der Waals surface area contributed by atoms with Crippen LogP contribution in [-0.2, 0) is 6.42 Å². The Kier molecular flexibility index (Phi) is 6.27. The summed E-state index contributed by atoms with van der Waals surface area (Å²) in [4.78, 5) is 25.4. The summed E-state index contributed by atoms with van der Waals surface area (Å²) >= 11 is 1.47. The lowest BCUT2D eigenvalue weighted by Crippen LogP contribution is -2.55. The molecule has 0 bridgehead atoms. The van der Waals surface area contributed by atoms with Gasteiger partial charge in [-0.3, -0.25) is 9.69 Å². The smallest absolute Gasteiger partial charge is 0.265 e. The molecule has 1 aromatic carbocycles. The predicted molar refractivity (Wildman–Crippen MR) is 114 cm³/mol. The van der Waals surface area contributed by atoms with Gasteiger partial charge in [0.25, 0.3) is 5.91 Å². The van der Waals surface area contributed by atoms with Gasteiger partial charge in [-0.05, 0) is 51.1 Å². The van der Waals surface area contributed by atoms with Gasteiger partial charge in [0.2, 0.25) is 0 Å². The van der Waals surface area contributed by atoms with E-state index in [2.05, 4.69) is 21.8 Å². The van der Waals surface area contributed by atoms with Crippen molar-refractivity contribution in [3.8, 4) is 0 Å². The fraction of sp³-hybridized carbons (Fsp3) is 0.545. The Balaban J connectivity index is 1.36. The summed E-state index contributed by atoms with van der Waals surface area (Å²) in [5.74, 6) is -0.135. The van der Waals surface area contributed by atoms with Gasteiger partial charge in [-0.2, -0.15) is 0 Å². The molecule has 0 N–H and O–H groups in total. The first kappa shape index (κ1) is 20.4. The van der Waals surface area contributed by atoms with E-state index in [1.807, 2.05) is 11.8 Å². The molecule has 156 valence electrons. The van der Waals surface area contributed by atoms with E-state index in [-0.39, 0.29) is 11.7 Å². The van der Waals surface area contributed by atoms with Gasteiger partial charge in [0.1, 0.15) is 10.7 Å². The number of benzene rings is 1. The average molecular weight is 417 g/mol. The van der Waals surface area contributed by atoms with Gasteiger partial charge in [-0.1, -0.05) is 12.1 Å². The molecule has 29 heavy (non-hydrogen) atoms. The number of hydrogen-bond acceptors (Lipinski definition) is 5. The van der Waals surface area contributed by atoms with E-state index in [1.165, 1.54) is 42.9 Å². The summed E-state index contributed by atoms with van der Waals surface area (Å²) in [5.41, 5.74) is 1.80. The van der Waals surface area contributed by atoms with Gasteiger partial charge in [-0.15, -0.1) is 11.3 Å². The maximum Gasteiger partial charge on any atom is 0.265 e. The second-order valence-corrected chi connectivity index (χ2v) is 9.30. The number of rotatable bonds is 4. The molecule has 0 aliphatic carbocycles. The Hall–Kier alpha value is -1.83. The monoisotopic (exact) mass is 416 g/mol. The zero-order valence-corrected chi connectivity index (χ0v) is 18.1. The van der Waals surface area contributed by atoms with Crippen molar-refractivity contribution in [3.05, 3.63) is 51.2 Å². The number of piperazine rings is 1. The van der Waals surface area contributed by atoms with Crippen LogP contribution in [-0.4, -0.2) is 77.9 Å². The van der Waals surface area contributed by atoms with Crippen LogP contribution < -0.4 is 0 Å². The fourth-order valence-corrected chi connectivity index (χ4v) is 5.44. The standard InChI is InChI=1S/C22H29FN4OS/c1-16-21(29-20(24-16)14-17-5-7-18(23)8-6-17)22(28)27-12-10-26(11-13-27)19-4-3-9-25(2)15-19/h5-8,19H,3-4,9-15H2,1-2H3. The maximum absolute atomic E-state index is 13.1. The van der Waals surface area contributed by atoms with Gasteiger partial charge in [0.15, 0.2) is 0 Å². The van der Waals surface area contributed by atoms with Gasteiger partial charge in [-0.25, -0.2) is 9.37 Å². The molecule has 4 rings (SSSR count). The molecule has 1 unspecified atom stereocenters. The largest absolute Gasteiger partial charge is 0.335 e. The SMILES string of the molecule is Cc1nc(Cc2ccc(F)cc2)sc1C(=O)N1CCN(C2CCCN(C)C2)CC1. The molecular weight excluding hydrogens is 387 g/mol. The second-order valence-electron chi connectivity index (χ2n) is 8.21. The first-order valence-corrected chi connectivity index (χ1v) is 11.2. The molecule has 0 spiro atoms. The molecule has 1 aromatic heterocycles. The Morgan fingerprint density at radius 2 is 1.90 bits per heavy atom. The lowest BCUT2D eigenvalue weighted by molar-refractivity contribution is 0.0455. The van der Waals surface area contributed by atoms with Crippen LogP contribution in [0, 0.1) is 12.7 Å². The van der Waals surface area contributed by atoms with Crippen molar-refractivity contribution >= 4 is 17.2 Å². The highest BCUT2D eigenvalue weighted by Crippen LogP contribution is 2.24. The van der Waals surface area contributed by atoms with Crippen molar-refractivity contribution in [2.45, 2.75) is 32.2 Å². The van der Waals surface area contributed by atoms with Crippen molar-refractivity contribution < 1.29 is 9.18 Å². The number of likely N-dealkylation sites (N-methyl/N-ethyl adjacent to an activating group) is 1. The number of carbonyl (C=O) groups is 1. The molecule has 0 saturated carbocycles. The van der Waals surface area contributed by atoms with Gasteiger partial charge >= 0.3 is 0 Å². The number of thiazole rings is 1. The van der Waals surface area contributed by atoms with Crippen molar-refractivity contribution in [2.24, 2.45) is 0 Å². The fourth-order valence-electron chi connectivity index (χ4n) is 4.37. The molecule has 2 fully saturated rings. The Bertz CT molecular complexity index is 845. The third kappa shape index (κ3) is 4.85. The van der Waals surface area contributed by atoms with Crippen LogP contribution in [0.15, 0.2) is 24.3 Å². The summed E-state index contributed by atoms with van der Waals surface area (Å²) in [5, 5.41) is 0.904. The Morgan fingerprint density at radius 1 is 1.17 bits per heavy atom. The van der Waals surface area contributed by atoms with E-state index in [0.29, 0.717) is 12.5 Å². The number of aryl methyl sites for hydroxylation is 1. The molecule has 7 heteroatoms. The van der Waals surface area contributed by atoms with Gasteiger partial charge in [0.05, 0.1) is 10.7 Å². The highest BCUT2D eigenvalue weighted by molar-refractivity contribution is 7.13. The van der Waals surface area contributed by atoms with Crippen LogP contribution in [0.3, 0.4) is 0 Å². The van der Waals surface area contributed by atoms with E-state index in [0.717, 1.165) is 53.9 Å². The van der Waals surface area contributed by atoms with Crippen LogP contribution >= 0.6 is 11.3 Å². The summed E-state index contributed by atoms with van der Waals surface area (Å²) in [6, 6.07) is 7.10. The van der Waals surface area contributed by atoms with E-state index in [4.69, 9.17) is 0 Å². The number of aromatic nitrogens is 1. The van der Waals surface area contributed by atoms with Crippen LogP contribution in [0.5, 0.6) is 0 Å². The van der Waals surface area contributed by atoms with E-state index >= 15 is 0 Å². The second kappa shape index (κ2) is 8.90. The van der Waals surface area contributed by atoms with Crippen LogP contribution in [0.4, 0.5) is 4.39 Å². The molecule has 5 nitrogen and oxygen atoms in total. The molecule has 3 heterocycles. The number of halogens is 1. The van der Waals surface area contributed by atoms with Crippen molar-refractivity contribution in [2.75, 3.05) is 46.3 Å². The van der Waals surface area contributed by atoms with Gasteiger partial charge in [0, 0.05) is 45.2 Å². The number of hydrogen-bond donors (Lipinski definition) is 0. The minimum Gasteiger partial charge on any atom is -0.335 e. The number of amides is 1. The maximum atomic E-state index is 13.1. The average Bonchev–Trinajstić information content (AvgIpc) is 3.09. The topological polar surface area (TPSA) is 39.7 Å². The molecule has 1 atom stereocenters. The number of likely N-dealkylation sites (tertiary alicyclic amines) is 1. The Labute approximate surface area is 176 Å². The summed E-state index contributed by atoms with van der Waals surface area (Å²) in [6.07, 6.45) is 3.15. The van der Waals surface area contributed by atoms with Crippen LogP contribution in [0.2, 0.25) is 0 Å². The number of nitrogens with zero attached hydrogens (tertiary/aromatic N) is 4. The van der Waals surface area contributed by atoms with Crippen molar-refractivity contribution in [1.82, 2.24) is 19.7 Å². The van der Waals surface area contributed by atoms with Crippen molar-refractivity contribution in [1.29, 1.82) is 0 Å². The normalized spacial score (nSPS) is 21.5. The van der Waals surface area contributed by atoms with Crippen molar-refractivity contribution in [3.63, 3.8) is 0 Å². The number of piperidine rings is 1. The quantitative estimate of drug-likeness (QED) is 0.768.